The molecule has 1 saturated heterocycles. The quantitative estimate of drug-likeness (QED) is 0.592. The number of anilines is 1. The van der Waals surface area contributed by atoms with Gasteiger partial charge in [0.15, 0.2) is 6.61 Å². The molecule has 1 aliphatic heterocycles. The van der Waals surface area contributed by atoms with Gasteiger partial charge in [0.2, 0.25) is 0 Å². The lowest BCUT2D eigenvalue weighted by molar-refractivity contribution is -0.123. The van der Waals surface area contributed by atoms with E-state index >= 15 is 0 Å². The number of hydrogen-bond acceptors (Lipinski definition) is 4. The highest BCUT2D eigenvalue weighted by molar-refractivity contribution is 5.77. The van der Waals surface area contributed by atoms with E-state index in [2.05, 4.69) is 10.2 Å². The number of nitrogens with zero attached hydrogens (tertiary/aromatic N) is 1. The van der Waals surface area contributed by atoms with Gasteiger partial charge in [0.1, 0.15) is 5.75 Å². The van der Waals surface area contributed by atoms with Crippen LogP contribution in [0.5, 0.6) is 5.75 Å². The molecule has 1 fully saturated rings. The van der Waals surface area contributed by atoms with Crippen LogP contribution < -0.4 is 15.8 Å². The van der Waals surface area contributed by atoms with Gasteiger partial charge in [-0.25, -0.2) is 0 Å². The molecule has 0 bridgehead atoms. The average molecular weight is 291 g/mol. The number of rotatable bonds is 7. The van der Waals surface area contributed by atoms with E-state index in [1.165, 1.54) is 32.4 Å². The van der Waals surface area contributed by atoms with Crippen molar-refractivity contribution < 1.29 is 9.53 Å². The molecule has 21 heavy (non-hydrogen) atoms. The second-order valence-electron chi connectivity index (χ2n) is 5.43. The van der Waals surface area contributed by atoms with Crippen molar-refractivity contribution in [1.29, 1.82) is 0 Å². The second-order valence-corrected chi connectivity index (χ2v) is 5.43. The summed E-state index contributed by atoms with van der Waals surface area (Å²) in [5, 5.41) is 2.88. The fraction of sp³-hybridized carbons (Fsp3) is 0.562. The number of nitrogens with one attached hydrogen (secondary N) is 1. The van der Waals surface area contributed by atoms with E-state index < -0.39 is 0 Å². The Morgan fingerprint density at radius 2 is 2.00 bits per heavy atom. The molecule has 1 amide bonds. The maximum Gasteiger partial charge on any atom is 0.257 e. The normalized spacial score (nSPS) is 15.6. The van der Waals surface area contributed by atoms with Crippen molar-refractivity contribution in [2.24, 2.45) is 0 Å². The van der Waals surface area contributed by atoms with Gasteiger partial charge in [0, 0.05) is 6.54 Å². The zero-order chi connectivity index (χ0) is 14.9. The molecular formula is C16H25N3O2. The highest BCUT2D eigenvalue weighted by atomic mass is 16.5. The zero-order valence-electron chi connectivity index (χ0n) is 12.5. The lowest BCUT2D eigenvalue weighted by atomic mass is 10.1. The smallest absolute Gasteiger partial charge is 0.257 e. The predicted octanol–water partition coefficient (Wildman–Crippen LogP) is 1.64. The van der Waals surface area contributed by atoms with Crippen LogP contribution in [-0.2, 0) is 4.79 Å². The monoisotopic (exact) mass is 291 g/mol. The van der Waals surface area contributed by atoms with E-state index in [1.54, 1.807) is 12.1 Å². The van der Waals surface area contributed by atoms with Crippen LogP contribution >= 0.6 is 0 Å². The van der Waals surface area contributed by atoms with Gasteiger partial charge >= 0.3 is 0 Å². The number of piperidine rings is 1. The molecular weight excluding hydrogens is 266 g/mol. The number of nitrogen functional groups attached to an aromatic ring is 1. The van der Waals surface area contributed by atoms with E-state index in [4.69, 9.17) is 10.5 Å². The van der Waals surface area contributed by atoms with Gasteiger partial charge in [-0.1, -0.05) is 18.6 Å². The Bertz CT molecular complexity index is 445. The summed E-state index contributed by atoms with van der Waals surface area (Å²) >= 11 is 0. The molecule has 3 N–H and O–H groups in total. The third-order valence-electron chi connectivity index (χ3n) is 3.70. The van der Waals surface area contributed by atoms with Crippen molar-refractivity contribution in [3.8, 4) is 5.75 Å². The minimum Gasteiger partial charge on any atom is -0.482 e. The lowest BCUT2D eigenvalue weighted by Crippen LogP contribution is -2.34. The Morgan fingerprint density at radius 1 is 1.24 bits per heavy atom. The highest BCUT2D eigenvalue weighted by Gasteiger charge is 2.09. The van der Waals surface area contributed by atoms with Crippen LogP contribution in [0, 0.1) is 0 Å². The minimum absolute atomic E-state index is 0.0118. The summed E-state index contributed by atoms with van der Waals surface area (Å²) in [6.45, 7) is 4.17. The van der Waals surface area contributed by atoms with Crippen LogP contribution in [-0.4, -0.2) is 43.6 Å². The number of carbonyl (C=O) groups is 1. The topological polar surface area (TPSA) is 67.6 Å². The van der Waals surface area contributed by atoms with Gasteiger partial charge in [0.25, 0.3) is 5.91 Å². The number of benzene rings is 1. The zero-order valence-corrected chi connectivity index (χ0v) is 12.5. The Kier molecular flexibility index (Phi) is 6.34. The number of nitrogens with two attached hydrogens (primary N) is 1. The first-order chi connectivity index (χ1) is 10.3. The first-order valence-electron chi connectivity index (χ1n) is 7.72. The van der Waals surface area contributed by atoms with Gasteiger partial charge in [-0.05, 0) is 51.0 Å². The first-order valence-corrected chi connectivity index (χ1v) is 7.72. The van der Waals surface area contributed by atoms with Crippen molar-refractivity contribution in [2.75, 3.05) is 38.5 Å². The molecule has 1 heterocycles. The molecule has 0 saturated carbocycles. The lowest BCUT2D eigenvalue weighted by Gasteiger charge is -2.26. The molecule has 1 aromatic carbocycles. The molecule has 116 valence electrons. The number of hydrogen-bond donors (Lipinski definition) is 2. The summed E-state index contributed by atoms with van der Waals surface area (Å²) in [6.07, 6.45) is 4.95. The van der Waals surface area contributed by atoms with E-state index in [-0.39, 0.29) is 12.5 Å². The van der Waals surface area contributed by atoms with E-state index in [0.717, 1.165) is 13.0 Å². The third-order valence-corrected chi connectivity index (χ3v) is 3.70. The maximum atomic E-state index is 11.7. The summed E-state index contributed by atoms with van der Waals surface area (Å²) in [4.78, 5) is 14.2. The number of ether oxygens (including phenoxy) is 1. The van der Waals surface area contributed by atoms with Crippen molar-refractivity contribution >= 4 is 11.6 Å². The summed E-state index contributed by atoms with van der Waals surface area (Å²) in [6, 6.07) is 7.19. The number of para-hydroxylation sites is 2. The van der Waals surface area contributed by atoms with Crippen LogP contribution in [0.4, 0.5) is 5.69 Å². The summed E-state index contributed by atoms with van der Waals surface area (Å²) in [5.74, 6) is 0.456. The van der Waals surface area contributed by atoms with Gasteiger partial charge in [-0.3, -0.25) is 4.79 Å². The largest absolute Gasteiger partial charge is 0.482 e. The molecule has 1 aromatic rings. The van der Waals surface area contributed by atoms with Crippen molar-refractivity contribution in [3.05, 3.63) is 24.3 Å². The molecule has 0 radical (unpaired) electrons. The maximum absolute atomic E-state index is 11.7. The third kappa shape index (κ3) is 5.63. The Hall–Kier alpha value is -1.75. The fourth-order valence-electron chi connectivity index (χ4n) is 2.52. The van der Waals surface area contributed by atoms with E-state index in [0.29, 0.717) is 18.0 Å². The molecule has 5 heteroatoms. The summed E-state index contributed by atoms with van der Waals surface area (Å²) in [7, 11) is 0. The summed E-state index contributed by atoms with van der Waals surface area (Å²) < 4.78 is 5.40. The molecule has 0 unspecified atom stereocenters. The Labute approximate surface area is 126 Å². The molecule has 0 aromatic heterocycles. The fourth-order valence-corrected chi connectivity index (χ4v) is 2.52. The number of likely N-dealkylation sites (tertiary alicyclic amines) is 1. The number of carbonyl (C=O) groups excluding carboxylic acids is 1. The second kappa shape index (κ2) is 8.52. The van der Waals surface area contributed by atoms with Crippen molar-refractivity contribution in [2.45, 2.75) is 25.7 Å². The molecule has 0 aliphatic carbocycles. The highest BCUT2D eigenvalue weighted by Crippen LogP contribution is 2.19. The van der Waals surface area contributed by atoms with Crippen LogP contribution in [0.3, 0.4) is 0 Å². The van der Waals surface area contributed by atoms with Crippen LogP contribution in [0.25, 0.3) is 0 Å². The first kappa shape index (κ1) is 15.6. The average Bonchev–Trinajstić information content (AvgIpc) is 2.52. The summed E-state index contributed by atoms with van der Waals surface area (Å²) in [5.41, 5.74) is 6.30. The molecule has 0 spiro atoms. The standard InChI is InChI=1S/C16H25N3O2/c17-14-7-2-3-8-15(14)21-13-16(20)18-9-6-12-19-10-4-1-5-11-19/h2-3,7-8H,1,4-6,9-13,17H2,(H,18,20). The van der Waals surface area contributed by atoms with Gasteiger partial charge in [0.05, 0.1) is 5.69 Å². The molecule has 2 rings (SSSR count). The number of amides is 1. The molecule has 1 aliphatic rings. The van der Waals surface area contributed by atoms with Gasteiger partial charge in [-0.2, -0.15) is 0 Å². The van der Waals surface area contributed by atoms with Crippen molar-refractivity contribution in [3.63, 3.8) is 0 Å². The SMILES string of the molecule is Nc1ccccc1OCC(=O)NCCCN1CCCCC1. The minimum atomic E-state index is -0.100. The Balaban J connectivity index is 1.56. The van der Waals surface area contributed by atoms with E-state index in [9.17, 15) is 4.79 Å². The predicted molar refractivity (Wildman–Crippen MR) is 84.3 cm³/mol. The van der Waals surface area contributed by atoms with E-state index in [1.807, 2.05) is 12.1 Å². The van der Waals surface area contributed by atoms with Gasteiger partial charge < -0.3 is 20.7 Å². The molecule has 0 atom stereocenters. The Morgan fingerprint density at radius 3 is 2.76 bits per heavy atom. The van der Waals surface area contributed by atoms with Crippen LogP contribution in [0.15, 0.2) is 24.3 Å². The van der Waals surface area contributed by atoms with Crippen LogP contribution in [0.2, 0.25) is 0 Å². The van der Waals surface area contributed by atoms with Crippen molar-refractivity contribution in [1.82, 2.24) is 10.2 Å². The van der Waals surface area contributed by atoms with Crippen LogP contribution in [0.1, 0.15) is 25.7 Å². The molecule has 5 nitrogen and oxygen atoms in total. The van der Waals surface area contributed by atoms with Gasteiger partial charge in [-0.15, -0.1) is 0 Å².